The SMILES string of the molecule is CCCC(CC)S(=O)(=O)C[C@@H](C(=O)N[C@@H](Cc1ccccc1)[C@H](O)CNCc1cccc(OC)c1)N(C)C(=O)OCc1ccccc1. The van der Waals surface area contributed by atoms with Gasteiger partial charge in [-0.25, -0.2) is 13.2 Å². The van der Waals surface area contributed by atoms with Crippen LogP contribution in [-0.4, -0.2) is 80.3 Å². The van der Waals surface area contributed by atoms with Crippen molar-refractivity contribution in [1.82, 2.24) is 15.5 Å². The first kappa shape index (κ1) is 37.5. The summed E-state index contributed by atoms with van der Waals surface area (Å²) in [5.74, 6) is -0.543. The Morgan fingerprint density at radius 1 is 0.915 bits per heavy atom. The van der Waals surface area contributed by atoms with Crippen LogP contribution < -0.4 is 15.4 Å². The third-order valence-electron chi connectivity index (χ3n) is 8.13. The van der Waals surface area contributed by atoms with E-state index in [1.54, 1.807) is 26.2 Å². The number of ether oxygens (including phenoxy) is 2. The standard InChI is InChI=1S/C36H49N3O7S/c1-5-14-31(6-2)47(43,44)26-33(39(3)36(42)46-25-28-17-11-8-12-18-28)35(41)38-32(22-27-15-9-7-10-16-27)34(40)24-37-23-29-19-13-20-30(21-29)45-4/h7-13,15-21,31-34,37,40H,5-6,14,22-26H2,1-4H3,(H,38,41)/t31?,32-,33-,34+/m0/s1. The number of rotatable bonds is 19. The van der Waals surface area contributed by atoms with Gasteiger partial charge in [-0.15, -0.1) is 0 Å². The van der Waals surface area contributed by atoms with E-state index in [1.165, 1.54) is 7.05 Å². The number of nitrogens with zero attached hydrogens (tertiary/aromatic N) is 1. The molecule has 3 rings (SSSR count). The lowest BCUT2D eigenvalue weighted by molar-refractivity contribution is -0.126. The van der Waals surface area contributed by atoms with E-state index >= 15 is 0 Å². The van der Waals surface area contributed by atoms with Gasteiger partial charge in [-0.2, -0.15) is 0 Å². The van der Waals surface area contributed by atoms with Crippen molar-refractivity contribution >= 4 is 21.8 Å². The van der Waals surface area contributed by atoms with Gasteiger partial charge in [-0.05, 0) is 48.1 Å². The highest BCUT2D eigenvalue weighted by atomic mass is 32.2. The highest BCUT2D eigenvalue weighted by molar-refractivity contribution is 7.92. The number of hydrogen-bond acceptors (Lipinski definition) is 8. The van der Waals surface area contributed by atoms with Crippen molar-refractivity contribution in [3.05, 3.63) is 102 Å². The van der Waals surface area contributed by atoms with Crippen molar-refractivity contribution in [2.45, 2.75) is 76.1 Å². The number of likely N-dealkylation sites (N-methyl/N-ethyl adjacent to an activating group) is 1. The average Bonchev–Trinajstić information content (AvgIpc) is 3.08. The van der Waals surface area contributed by atoms with Crippen LogP contribution in [0.5, 0.6) is 5.75 Å². The predicted octanol–water partition coefficient (Wildman–Crippen LogP) is 4.50. The van der Waals surface area contributed by atoms with Crippen LogP contribution >= 0.6 is 0 Å². The molecular weight excluding hydrogens is 618 g/mol. The average molecular weight is 668 g/mol. The fraction of sp³-hybridized carbons (Fsp3) is 0.444. The molecule has 3 aromatic carbocycles. The molecule has 0 fully saturated rings. The molecule has 0 heterocycles. The maximum atomic E-state index is 14.0. The zero-order valence-electron chi connectivity index (χ0n) is 27.8. The van der Waals surface area contributed by atoms with E-state index in [4.69, 9.17) is 9.47 Å². The fourth-order valence-corrected chi connectivity index (χ4v) is 7.54. The Balaban J connectivity index is 1.82. The Kier molecular flexibility index (Phi) is 15.2. The third-order valence-corrected chi connectivity index (χ3v) is 10.5. The zero-order valence-corrected chi connectivity index (χ0v) is 28.6. The summed E-state index contributed by atoms with van der Waals surface area (Å²) in [6.45, 7) is 4.27. The van der Waals surface area contributed by atoms with Gasteiger partial charge in [0.15, 0.2) is 9.84 Å². The van der Waals surface area contributed by atoms with Crippen molar-refractivity contribution in [3.63, 3.8) is 0 Å². The van der Waals surface area contributed by atoms with Gasteiger partial charge in [0, 0.05) is 20.1 Å². The first-order valence-corrected chi connectivity index (χ1v) is 17.8. The topological polar surface area (TPSA) is 134 Å². The van der Waals surface area contributed by atoms with Crippen molar-refractivity contribution in [1.29, 1.82) is 0 Å². The molecule has 0 saturated carbocycles. The fourth-order valence-electron chi connectivity index (χ4n) is 5.35. The molecule has 3 N–H and O–H groups in total. The van der Waals surface area contributed by atoms with Crippen LogP contribution in [0.4, 0.5) is 4.79 Å². The number of nitrogens with one attached hydrogen (secondary N) is 2. The van der Waals surface area contributed by atoms with E-state index in [1.807, 2.05) is 79.7 Å². The van der Waals surface area contributed by atoms with E-state index in [9.17, 15) is 23.1 Å². The minimum atomic E-state index is -3.79. The van der Waals surface area contributed by atoms with Gasteiger partial charge >= 0.3 is 6.09 Å². The lowest BCUT2D eigenvalue weighted by atomic mass is 10.0. The highest BCUT2D eigenvalue weighted by Gasteiger charge is 2.37. The summed E-state index contributed by atoms with van der Waals surface area (Å²) >= 11 is 0. The van der Waals surface area contributed by atoms with Crippen LogP contribution in [0.3, 0.4) is 0 Å². The highest BCUT2D eigenvalue weighted by Crippen LogP contribution is 2.18. The smallest absolute Gasteiger partial charge is 0.410 e. The molecule has 0 bridgehead atoms. The molecule has 4 atom stereocenters. The Bertz CT molecular complexity index is 1490. The summed E-state index contributed by atoms with van der Waals surface area (Å²) in [6.07, 6.45) is -0.0833. The number of carbonyl (C=O) groups is 2. The van der Waals surface area contributed by atoms with Crippen LogP contribution in [0.25, 0.3) is 0 Å². The second-order valence-corrected chi connectivity index (χ2v) is 14.0. The van der Waals surface area contributed by atoms with Gasteiger partial charge in [-0.1, -0.05) is 93.1 Å². The Morgan fingerprint density at radius 2 is 1.55 bits per heavy atom. The summed E-state index contributed by atoms with van der Waals surface area (Å²) in [5, 5.41) is 16.8. The Morgan fingerprint density at radius 3 is 2.17 bits per heavy atom. The monoisotopic (exact) mass is 667 g/mol. The normalized spacial score (nSPS) is 14.0. The van der Waals surface area contributed by atoms with Crippen LogP contribution in [-0.2, 0) is 38.9 Å². The van der Waals surface area contributed by atoms with Gasteiger partial charge in [-0.3, -0.25) is 9.69 Å². The molecule has 2 amide bonds. The van der Waals surface area contributed by atoms with Gasteiger partial charge < -0.3 is 25.2 Å². The van der Waals surface area contributed by atoms with E-state index in [0.717, 1.165) is 27.3 Å². The van der Waals surface area contributed by atoms with E-state index in [0.29, 0.717) is 25.8 Å². The van der Waals surface area contributed by atoms with Crippen molar-refractivity contribution in [2.75, 3.05) is 26.5 Å². The molecule has 10 nitrogen and oxygen atoms in total. The van der Waals surface area contributed by atoms with Crippen molar-refractivity contribution in [3.8, 4) is 5.75 Å². The minimum Gasteiger partial charge on any atom is -0.497 e. The summed E-state index contributed by atoms with van der Waals surface area (Å²) < 4.78 is 37.9. The lowest BCUT2D eigenvalue weighted by Crippen LogP contribution is -2.57. The molecule has 0 spiro atoms. The molecule has 3 aromatic rings. The number of aliphatic hydroxyl groups excluding tert-OH is 1. The molecule has 0 aliphatic carbocycles. The number of aliphatic hydroxyl groups is 1. The Hall–Kier alpha value is -3.93. The summed E-state index contributed by atoms with van der Waals surface area (Å²) in [6, 6.07) is 23.8. The van der Waals surface area contributed by atoms with Gasteiger partial charge in [0.2, 0.25) is 5.91 Å². The maximum absolute atomic E-state index is 14.0. The molecule has 0 radical (unpaired) electrons. The Labute approximate surface area is 279 Å². The first-order valence-electron chi connectivity index (χ1n) is 16.1. The molecule has 0 aliphatic rings. The summed E-state index contributed by atoms with van der Waals surface area (Å²) in [4.78, 5) is 28.3. The quantitative estimate of drug-likeness (QED) is 0.170. The van der Waals surface area contributed by atoms with Gasteiger partial charge in [0.25, 0.3) is 0 Å². The van der Waals surface area contributed by atoms with Crippen LogP contribution in [0, 0.1) is 0 Å². The second-order valence-electron chi connectivity index (χ2n) is 11.7. The molecule has 0 aromatic heterocycles. The number of hydrogen-bond donors (Lipinski definition) is 3. The zero-order chi connectivity index (χ0) is 34.2. The van der Waals surface area contributed by atoms with Crippen LogP contribution in [0.2, 0.25) is 0 Å². The maximum Gasteiger partial charge on any atom is 0.410 e. The number of methoxy groups -OCH3 is 1. The molecule has 1 unspecified atom stereocenters. The van der Waals surface area contributed by atoms with E-state index in [2.05, 4.69) is 10.6 Å². The van der Waals surface area contributed by atoms with Gasteiger partial charge in [0.05, 0.1) is 30.3 Å². The third kappa shape index (κ3) is 12.0. The molecular formula is C36H49N3O7S. The second kappa shape index (κ2) is 19.0. The van der Waals surface area contributed by atoms with Crippen molar-refractivity contribution < 1.29 is 32.6 Å². The molecule has 256 valence electrons. The molecule has 11 heteroatoms. The minimum absolute atomic E-state index is 0.0349. The van der Waals surface area contributed by atoms with Gasteiger partial charge in [0.1, 0.15) is 18.4 Å². The predicted molar refractivity (Wildman–Crippen MR) is 184 cm³/mol. The molecule has 47 heavy (non-hydrogen) atoms. The number of carbonyl (C=O) groups excluding carboxylic acids is 2. The number of amides is 2. The molecule has 0 saturated heterocycles. The lowest BCUT2D eigenvalue weighted by Gasteiger charge is -2.31. The summed E-state index contributed by atoms with van der Waals surface area (Å²) in [7, 11) is -0.823. The largest absolute Gasteiger partial charge is 0.497 e. The number of benzene rings is 3. The number of sulfone groups is 1. The van der Waals surface area contributed by atoms with Crippen molar-refractivity contribution in [2.24, 2.45) is 0 Å². The first-order chi connectivity index (χ1) is 22.6. The molecule has 0 aliphatic heterocycles. The van der Waals surface area contributed by atoms with Crippen LogP contribution in [0.15, 0.2) is 84.9 Å². The summed E-state index contributed by atoms with van der Waals surface area (Å²) in [5.41, 5.74) is 2.58. The van der Waals surface area contributed by atoms with E-state index < -0.39 is 51.0 Å². The van der Waals surface area contributed by atoms with E-state index in [-0.39, 0.29) is 19.6 Å². The van der Waals surface area contributed by atoms with Crippen LogP contribution in [0.1, 0.15) is 49.8 Å².